The summed E-state index contributed by atoms with van der Waals surface area (Å²) in [7, 11) is -1.25. The van der Waals surface area contributed by atoms with Crippen LogP contribution in [0.3, 0.4) is 0 Å². The molecule has 0 aliphatic carbocycles. The topological polar surface area (TPSA) is 65.0 Å². The van der Waals surface area contributed by atoms with Gasteiger partial charge < -0.3 is 10.2 Å². The van der Waals surface area contributed by atoms with Crippen molar-refractivity contribution in [1.82, 2.24) is 14.5 Å². The first-order valence-corrected chi connectivity index (χ1v) is 11.4. The van der Waals surface area contributed by atoms with E-state index in [1.54, 1.807) is 16.1 Å². The molecular weight excluding hydrogens is 483 g/mol. The maximum atomic E-state index is 12.4. The first kappa shape index (κ1) is 23.5. The predicted molar refractivity (Wildman–Crippen MR) is 122 cm³/mol. The monoisotopic (exact) mass is 512 g/mol. The van der Waals surface area contributed by atoms with Gasteiger partial charge >= 0.3 is 0 Å². The van der Waals surface area contributed by atoms with Gasteiger partial charge in [0.05, 0.1) is 12.3 Å². The second-order valence-electron chi connectivity index (χ2n) is 5.90. The van der Waals surface area contributed by atoms with E-state index in [0.717, 1.165) is 30.6 Å². The number of thioether (sulfide) groups is 1. The van der Waals surface area contributed by atoms with E-state index in [9.17, 15) is 8.42 Å². The van der Waals surface area contributed by atoms with E-state index in [4.69, 9.17) is 0 Å². The quantitative estimate of drug-likeness (QED) is 0.345. The summed E-state index contributed by atoms with van der Waals surface area (Å²) < 4.78 is 26.4. The highest BCUT2D eigenvalue weighted by molar-refractivity contribution is 14.0. The van der Waals surface area contributed by atoms with Gasteiger partial charge in [-0.2, -0.15) is 11.8 Å². The van der Waals surface area contributed by atoms with Gasteiger partial charge in [-0.15, -0.1) is 24.0 Å². The van der Waals surface area contributed by atoms with Crippen LogP contribution in [0, 0.1) is 0 Å². The summed E-state index contributed by atoms with van der Waals surface area (Å²) in [5.41, 5.74) is 1.19. The second-order valence-corrected chi connectivity index (χ2v) is 9.22. The van der Waals surface area contributed by atoms with Crippen molar-refractivity contribution in [2.75, 3.05) is 50.5 Å². The van der Waals surface area contributed by atoms with E-state index < -0.39 is 10.0 Å². The fraction of sp³-hybridized carbons (Fsp3) is 0.588. The zero-order valence-corrected chi connectivity index (χ0v) is 19.4. The van der Waals surface area contributed by atoms with Crippen molar-refractivity contribution in [3.8, 4) is 0 Å². The third kappa shape index (κ3) is 7.61. The average molecular weight is 512 g/mol. The Balaban J connectivity index is 0.00000338. The molecule has 26 heavy (non-hydrogen) atoms. The normalized spacial score (nSPS) is 16.0. The molecule has 0 spiro atoms. The van der Waals surface area contributed by atoms with Crippen molar-refractivity contribution in [3.63, 3.8) is 0 Å². The summed E-state index contributed by atoms with van der Waals surface area (Å²) in [5, 5.41) is 3.23. The molecule has 0 atom stereocenters. The SMILES string of the molecule is CCNC(=NCCS(=O)(=O)N1CCSCC1)N(C)Cc1ccccc1.I. The van der Waals surface area contributed by atoms with E-state index in [-0.39, 0.29) is 36.3 Å². The van der Waals surface area contributed by atoms with Crippen LogP contribution in [0.25, 0.3) is 0 Å². The lowest BCUT2D eigenvalue weighted by atomic mass is 10.2. The van der Waals surface area contributed by atoms with Crippen LogP contribution in [0.15, 0.2) is 35.3 Å². The number of nitrogens with zero attached hydrogens (tertiary/aromatic N) is 3. The summed E-state index contributed by atoms with van der Waals surface area (Å²) in [6, 6.07) is 10.2. The number of hydrogen-bond acceptors (Lipinski definition) is 4. The number of rotatable bonds is 7. The van der Waals surface area contributed by atoms with Crippen molar-refractivity contribution in [2.24, 2.45) is 4.99 Å². The highest BCUT2D eigenvalue weighted by atomic mass is 127. The Bertz CT molecular complexity index is 650. The third-order valence-corrected chi connectivity index (χ3v) is 6.73. The molecule has 1 N–H and O–H groups in total. The highest BCUT2D eigenvalue weighted by Gasteiger charge is 2.23. The first-order valence-electron chi connectivity index (χ1n) is 8.62. The number of nitrogens with one attached hydrogen (secondary N) is 1. The summed E-state index contributed by atoms with van der Waals surface area (Å²) in [6.45, 7) is 4.98. The summed E-state index contributed by atoms with van der Waals surface area (Å²) in [4.78, 5) is 6.53. The Morgan fingerprint density at radius 2 is 1.92 bits per heavy atom. The minimum Gasteiger partial charge on any atom is -0.357 e. The van der Waals surface area contributed by atoms with E-state index in [2.05, 4.69) is 22.4 Å². The molecule has 1 aliphatic rings. The fourth-order valence-corrected chi connectivity index (χ4v) is 5.08. The zero-order valence-electron chi connectivity index (χ0n) is 15.4. The number of hydrogen-bond donors (Lipinski definition) is 1. The molecule has 1 aromatic rings. The Morgan fingerprint density at radius 1 is 1.27 bits per heavy atom. The van der Waals surface area contributed by atoms with E-state index in [1.165, 1.54) is 5.56 Å². The van der Waals surface area contributed by atoms with Crippen molar-refractivity contribution in [1.29, 1.82) is 0 Å². The molecule has 6 nitrogen and oxygen atoms in total. The molecule has 2 rings (SSSR count). The van der Waals surface area contributed by atoms with E-state index in [0.29, 0.717) is 13.1 Å². The van der Waals surface area contributed by atoms with Crippen LogP contribution in [-0.4, -0.2) is 74.1 Å². The van der Waals surface area contributed by atoms with Crippen molar-refractivity contribution >= 4 is 51.7 Å². The smallest absolute Gasteiger partial charge is 0.215 e. The molecule has 1 fully saturated rings. The lowest BCUT2D eigenvalue weighted by Gasteiger charge is -2.25. The number of benzene rings is 1. The van der Waals surface area contributed by atoms with E-state index in [1.807, 2.05) is 37.1 Å². The van der Waals surface area contributed by atoms with Crippen molar-refractivity contribution < 1.29 is 8.42 Å². The Morgan fingerprint density at radius 3 is 2.54 bits per heavy atom. The van der Waals surface area contributed by atoms with Crippen LogP contribution in [0.4, 0.5) is 0 Å². The molecule has 0 aromatic heterocycles. The predicted octanol–water partition coefficient (Wildman–Crippen LogP) is 2.08. The molecular formula is C17H29IN4O2S2. The van der Waals surface area contributed by atoms with Gasteiger partial charge in [-0.1, -0.05) is 30.3 Å². The summed E-state index contributed by atoms with van der Waals surface area (Å²) in [6.07, 6.45) is 0. The van der Waals surface area contributed by atoms with Crippen LogP contribution in [0.2, 0.25) is 0 Å². The van der Waals surface area contributed by atoms with Crippen LogP contribution >= 0.6 is 35.7 Å². The molecule has 0 radical (unpaired) electrons. The highest BCUT2D eigenvalue weighted by Crippen LogP contribution is 2.13. The average Bonchev–Trinajstić information content (AvgIpc) is 2.62. The molecule has 148 valence electrons. The lowest BCUT2D eigenvalue weighted by molar-refractivity contribution is 0.443. The second kappa shape index (κ2) is 12.0. The van der Waals surface area contributed by atoms with Gasteiger partial charge in [0, 0.05) is 44.7 Å². The Hall–Kier alpha value is -0.520. The van der Waals surface area contributed by atoms with Crippen LogP contribution in [0.1, 0.15) is 12.5 Å². The van der Waals surface area contributed by atoms with Crippen molar-refractivity contribution in [3.05, 3.63) is 35.9 Å². The molecule has 1 heterocycles. The molecule has 1 aromatic carbocycles. The van der Waals surface area contributed by atoms with Gasteiger partial charge in [-0.25, -0.2) is 12.7 Å². The molecule has 0 bridgehead atoms. The number of sulfonamides is 1. The van der Waals surface area contributed by atoms with Gasteiger partial charge in [-0.3, -0.25) is 4.99 Å². The molecule has 1 saturated heterocycles. The molecule has 0 unspecified atom stereocenters. The minimum absolute atomic E-state index is 0. The summed E-state index contributed by atoms with van der Waals surface area (Å²) in [5.74, 6) is 2.55. The molecule has 0 amide bonds. The fourth-order valence-electron chi connectivity index (χ4n) is 2.62. The van der Waals surface area contributed by atoms with Crippen LogP contribution in [0.5, 0.6) is 0 Å². The first-order chi connectivity index (χ1) is 12.0. The van der Waals surface area contributed by atoms with Crippen LogP contribution < -0.4 is 5.32 Å². The standard InChI is InChI=1S/C17H28N4O2S2.HI/c1-3-18-17(20(2)15-16-7-5-4-6-8-16)19-9-14-25(22,23)21-10-12-24-13-11-21;/h4-8H,3,9-15H2,1-2H3,(H,18,19);1H. The lowest BCUT2D eigenvalue weighted by Crippen LogP contribution is -2.41. The Labute approximate surface area is 178 Å². The van der Waals surface area contributed by atoms with Crippen molar-refractivity contribution in [2.45, 2.75) is 13.5 Å². The minimum atomic E-state index is -3.21. The maximum Gasteiger partial charge on any atom is 0.215 e. The molecule has 1 aliphatic heterocycles. The Kier molecular flexibility index (Phi) is 10.9. The zero-order chi connectivity index (χ0) is 18.1. The number of halogens is 1. The van der Waals surface area contributed by atoms with E-state index >= 15 is 0 Å². The number of guanidine groups is 1. The van der Waals surface area contributed by atoms with Crippen LogP contribution in [-0.2, 0) is 16.6 Å². The maximum absolute atomic E-state index is 12.4. The van der Waals surface area contributed by atoms with Gasteiger partial charge in [0.25, 0.3) is 0 Å². The third-order valence-electron chi connectivity index (χ3n) is 3.93. The van der Waals surface area contributed by atoms with Gasteiger partial charge in [0.15, 0.2) is 5.96 Å². The molecule has 0 saturated carbocycles. The van der Waals surface area contributed by atoms with Gasteiger partial charge in [0.1, 0.15) is 0 Å². The largest absolute Gasteiger partial charge is 0.357 e. The molecule has 9 heteroatoms. The van der Waals surface area contributed by atoms with Gasteiger partial charge in [-0.05, 0) is 12.5 Å². The number of aliphatic imine (C=N–C) groups is 1. The summed E-state index contributed by atoms with van der Waals surface area (Å²) >= 11 is 1.80. The van der Waals surface area contributed by atoms with Gasteiger partial charge in [0.2, 0.25) is 10.0 Å².